The minimum Gasteiger partial charge on any atom is -0.453 e. The molecular formula is C15H18FN5O4. The highest BCUT2D eigenvalue weighted by Gasteiger charge is 2.33. The Hall–Kier alpha value is -3.04. The number of anilines is 2. The Balaban J connectivity index is 1.68. The van der Waals surface area contributed by atoms with Crippen molar-refractivity contribution in [3.8, 4) is 0 Å². The van der Waals surface area contributed by atoms with E-state index in [-0.39, 0.29) is 13.1 Å². The Morgan fingerprint density at radius 2 is 2.40 bits per heavy atom. The largest absolute Gasteiger partial charge is 0.453 e. The molecule has 2 aliphatic rings. The Labute approximate surface area is 143 Å². The van der Waals surface area contributed by atoms with Gasteiger partial charge < -0.3 is 25.1 Å². The number of nitrogens with one attached hydrogen (secondary N) is 2. The van der Waals surface area contributed by atoms with Crippen LogP contribution in [-0.2, 0) is 9.47 Å². The predicted octanol–water partition coefficient (Wildman–Crippen LogP) is 0.860. The van der Waals surface area contributed by atoms with Crippen molar-refractivity contribution in [1.82, 2.24) is 10.7 Å². The molecule has 1 aromatic rings. The molecule has 9 nitrogen and oxygen atoms in total. The van der Waals surface area contributed by atoms with Crippen LogP contribution >= 0.6 is 0 Å². The van der Waals surface area contributed by atoms with Crippen LogP contribution in [0.3, 0.4) is 0 Å². The van der Waals surface area contributed by atoms with Gasteiger partial charge in [0.2, 0.25) is 0 Å². The fourth-order valence-electron chi connectivity index (χ4n) is 2.59. The van der Waals surface area contributed by atoms with Gasteiger partial charge >= 0.3 is 12.2 Å². The summed E-state index contributed by atoms with van der Waals surface area (Å²) in [6.07, 6.45) is -0.218. The van der Waals surface area contributed by atoms with Crippen molar-refractivity contribution in [3.05, 3.63) is 24.0 Å². The maximum Gasteiger partial charge on any atom is 0.414 e. The van der Waals surface area contributed by atoms with Crippen LogP contribution < -0.4 is 20.5 Å². The van der Waals surface area contributed by atoms with Crippen molar-refractivity contribution < 1.29 is 23.5 Å². The normalized spacial score (nSPS) is 19.4. The molecule has 0 aromatic heterocycles. The summed E-state index contributed by atoms with van der Waals surface area (Å²) >= 11 is 0. The van der Waals surface area contributed by atoms with Crippen molar-refractivity contribution in [3.63, 3.8) is 0 Å². The van der Waals surface area contributed by atoms with Crippen molar-refractivity contribution in [2.45, 2.75) is 6.10 Å². The third kappa shape index (κ3) is 3.73. The molecule has 2 aliphatic heterocycles. The summed E-state index contributed by atoms with van der Waals surface area (Å²) in [4.78, 5) is 26.1. The van der Waals surface area contributed by atoms with Crippen molar-refractivity contribution in [2.75, 3.05) is 43.1 Å². The summed E-state index contributed by atoms with van der Waals surface area (Å²) < 4.78 is 24.1. The van der Waals surface area contributed by atoms with Crippen LogP contribution in [0.5, 0.6) is 0 Å². The van der Waals surface area contributed by atoms with E-state index in [0.717, 1.165) is 0 Å². The molecule has 25 heavy (non-hydrogen) atoms. The molecule has 2 N–H and O–H groups in total. The van der Waals surface area contributed by atoms with Crippen LogP contribution in [0.1, 0.15) is 0 Å². The van der Waals surface area contributed by atoms with Gasteiger partial charge in [-0.05, 0) is 18.2 Å². The molecule has 2 heterocycles. The minimum absolute atomic E-state index is 0.118. The van der Waals surface area contributed by atoms with Crippen molar-refractivity contribution in [2.24, 2.45) is 5.10 Å². The number of halogens is 1. The zero-order valence-corrected chi connectivity index (χ0v) is 13.6. The summed E-state index contributed by atoms with van der Waals surface area (Å²) in [7, 11) is 1.25. The first-order chi connectivity index (χ1) is 12.1. The molecular weight excluding hydrogens is 333 g/mol. The van der Waals surface area contributed by atoms with Gasteiger partial charge in [0.1, 0.15) is 18.3 Å². The Kier molecular flexibility index (Phi) is 4.87. The Morgan fingerprint density at radius 1 is 1.56 bits per heavy atom. The SMILES string of the molecule is COC(=O)NC[C@H]1CN(c2ccc(N3C=NNCC3)c(F)c2)C(=O)O1. The van der Waals surface area contributed by atoms with E-state index in [0.29, 0.717) is 24.5 Å². The lowest BCUT2D eigenvalue weighted by atomic mass is 10.2. The first kappa shape index (κ1) is 16.8. The topological polar surface area (TPSA) is 95.5 Å². The molecule has 0 aliphatic carbocycles. The molecule has 3 rings (SSSR count). The maximum atomic E-state index is 14.4. The van der Waals surface area contributed by atoms with Crippen LogP contribution in [0.2, 0.25) is 0 Å². The molecule has 134 valence electrons. The van der Waals surface area contributed by atoms with Crippen LogP contribution in [0.4, 0.5) is 25.4 Å². The lowest BCUT2D eigenvalue weighted by Gasteiger charge is -2.24. The number of carbonyl (C=O) groups excluding carboxylic acids is 2. The van der Waals surface area contributed by atoms with Gasteiger partial charge in [-0.25, -0.2) is 14.0 Å². The number of carbonyl (C=O) groups is 2. The number of benzene rings is 1. The molecule has 1 fully saturated rings. The van der Waals surface area contributed by atoms with E-state index in [1.165, 1.54) is 24.4 Å². The van der Waals surface area contributed by atoms with Gasteiger partial charge in [-0.2, -0.15) is 5.10 Å². The number of nitrogens with zero attached hydrogens (tertiary/aromatic N) is 3. The highest BCUT2D eigenvalue weighted by molar-refractivity contribution is 5.90. The van der Waals surface area contributed by atoms with Crippen LogP contribution in [0.25, 0.3) is 0 Å². The number of alkyl carbamates (subject to hydrolysis) is 1. The van der Waals surface area contributed by atoms with E-state index < -0.39 is 24.1 Å². The zero-order chi connectivity index (χ0) is 17.8. The average molecular weight is 351 g/mol. The van der Waals surface area contributed by atoms with E-state index in [1.54, 1.807) is 17.0 Å². The van der Waals surface area contributed by atoms with Gasteiger partial charge in [-0.15, -0.1) is 0 Å². The van der Waals surface area contributed by atoms with E-state index >= 15 is 0 Å². The minimum atomic E-state index is -0.609. The average Bonchev–Trinajstić information content (AvgIpc) is 3.01. The molecule has 10 heteroatoms. The standard InChI is InChI=1S/C15H18FN5O4/c1-24-14(22)17-7-11-8-21(15(23)25-11)10-2-3-13(12(16)6-10)20-5-4-18-19-9-20/h2-3,6,9,11,18H,4-5,7-8H2,1H3,(H,17,22)/t11-/m0/s1. The number of hydrogen-bond donors (Lipinski definition) is 2. The fourth-order valence-corrected chi connectivity index (χ4v) is 2.59. The summed E-state index contributed by atoms with van der Waals surface area (Å²) in [6.45, 7) is 1.53. The second-order valence-electron chi connectivity index (χ2n) is 5.47. The number of hydrazone groups is 1. The highest BCUT2D eigenvalue weighted by Crippen LogP contribution is 2.27. The second kappa shape index (κ2) is 7.24. The smallest absolute Gasteiger partial charge is 0.414 e. The molecule has 1 atom stereocenters. The lowest BCUT2D eigenvalue weighted by molar-refractivity contribution is 0.132. The monoisotopic (exact) mass is 351 g/mol. The maximum absolute atomic E-state index is 14.4. The molecule has 1 aromatic carbocycles. The predicted molar refractivity (Wildman–Crippen MR) is 88.3 cm³/mol. The summed E-state index contributed by atoms with van der Waals surface area (Å²) in [5, 5.41) is 6.36. The second-order valence-corrected chi connectivity index (χ2v) is 5.47. The quantitative estimate of drug-likeness (QED) is 0.835. The number of amides is 2. The summed E-state index contributed by atoms with van der Waals surface area (Å²) in [6, 6.07) is 4.52. The van der Waals surface area contributed by atoms with Gasteiger partial charge in [0.05, 0.1) is 38.1 Å². The number of hydrogen-bond acceptors (Lipinski definition) is 7. The summed E-state index contributed by atoms with van der Waals surface area (Å²) in [5.74, 6) is -0.463. The fraction of sp³-hybridized carbons (Fsp3) is 0.400. The van der Waals surface area contributed by atoms with Crippen molar-refractivity contribution in [1.29, 1.82) is 0 Å². The number of methoxy groups -OCH3 is 1. The van der Waals surface area contributed by atoms with E-state index in [1.807, 2.05) is 0 Å². The van der Waals surface area contributed by atoms with E-state index in [4.69, 9.17) is 4.74 Å². The first-order valence-electron chi connectivity index (χ1n) is 7.70. The highest BCUT2D eigenvalue weighted by atomic mass is 19.1. The molecule has 0 radical (unpaired) electrons. The van der Waals surface area contributed by atoms with Gasteiger partial charge in [-0.3, -0.25) is 4.90 Å². The van der Waals surface area contributed by atoms with Crippen LogP contribution in [0, 0.1) is 5.82 Å². The van der Waals surface area contributed by atoms with E-state index in [9.17, 15) is 14.0 Å². The molecule has 2 amide bonds. The van der Waals surface area contributed by atoms with Crippen LogP contribution in [-0.4, -0.2) is 57.9 Å². The van der Waals surface area contributed by atoms with Crippen molar-refractivity contribution >= 4 is 29.9 Å². The zero-order valence-electron chi connectivity index (χ0n) is 13.6. The third-order valence-corrected chi connectivity index (χ3v) is 3.84. The Bertz CT molecular complexity index is 698. The summed E-state index contributed by atoms with van der Waals surface area (Å²) in [5.41, 5.74) is 3.56. The molecule has 0 unspecified atom stereocenters. The Morgan fingerprint density at radius 3 is 3.08 bits per heavy atom. The van der Waals surface area contributed by atoms with E-state index in [2.05, 4.69) is 20.6 Å². The van der Waals surface area contributed by atoms with Gasteiger partial charge in [0.25, 0.3) is 0 Å². The number of cyclic esters (lactones) is 1. The number of ether oxygens (including phenoxy) is 2. The first-order valence-corrected chi connectivity index (χ1v) is 7.70. The molecule has 0 bridgehead atoms. The van der Waals surface area contributed by atoms with Gasteiger partial charge in [0.15, 0.2) is 0 Å². The molecule has 1 saturated heterocycles. The third-order valence-electron chi connectivity index (χ3n) is 3.84. The molecule has 0 spiro atoms. The molecule has 0 saturated carbocycles. The van der Waals surface area contributed by atoms with Crippen LogP contribution in [0.15, 0.2) is 23.3 Å². The lowest BCUT2D eigenvalue weighted by Crippen LogP contribution is -2.35. The van der Waals surface area contributed by atoms with Gasteiger partial charge in [-0.1, -0.05) is 0 Å². The number of rotatable bonds is 4. The van der Waals surface area contributed by atoms with Gasteiger partial charge in [0, 0.05) is 6.54 Å².